The van der Waals surface area contributed by atoms with Crippen molar-refractivity contribution in [3.8, 4) is 5.75 Å². The van der Waals surface area contributed by atoms with Crippen molar-refractivity contribution in [1.82, 2.24) is 5.32 Å². The first-order valence-electron chi connectivity index (χ1n) is 6.40. The Labute approximate surface area is 109 Å². The van der Waals surface area contributed by atoms with E-state index in [2.05, 4.69) is 5.32 Å². The number of ether oxygens (including phenoxy) is 1. The van der Waals surface area contributed by atoms with Crippen molar-refractivity contribution in [1.29, 1.82) is 0 Å². The zero-order valence-electron chi connectivity index (χ0n) is 11.2. The number of aryl methyl sites for hydroxylation is 1. The molecule has 0 aliphatic heterocycles. The van der Waals surface area contributed by atoms with Crippen molar-refractivity contribution in [2.24, 2.45) is 5.73 Å². The molecule has 0 heterocycles. The summed E-state index contributed by atoms with van der Waals surface area (Å²) in [6, 6.07) is 5.65. The Balaban J connectivity index is 2.76. The predicted molar refractivity (Wildman–Crippen MR) is 73.0 cm³/mol. The molecule has 4 heteroatoms. The summed E-state index contributed by atoms with van der Waals surface area (Å²) >= 11 is 0. The van der Waals surface area contributed by atoms with E-state index >= 15 is 0 Å². The highest BCUT2D eigenvalue weighted by Gasteiger charge is 2.12. The highest BCUT2D eigenvalue weighted by atomic mass is 16.5. The first kappa shape index (κ1) is 14.5. The molecular formula is C14H22N2O2. The SMILES string of the molecule is CCCOc1ccc(C)cc1C(=O)NCCCN. The Morgan fingerprint density at radius 1 is 1.44 bits per heavy atom. The first-order valence-corrected chi connectivity index (χ1v) is 6.40. The lowest BCUT2D eigenvalue weighted by Crippen LogP contribution is -2.26. The van der Waals surface area contributed by atoms with Crippen molar-refractivity contribution in [3.63, 3.8) is 0 Å². The normalized spacial score (nSPS) is 10.2. The fourth-order valence-electron chi connectivity index (χ4n) is 1.56. The molecule has 0 aliphatic carbocycles. The van der Waals surface area contributed by atoms with Gasteiger partial charge in [-0.25, -0.2) is 0 Å². The van der Waals surface area contributed by atoms with Gasteiger partial charge in [0.1, 0.15) is 5.75 Å². The Morgan fingerprint density at radius 3 is 2.89 bits per heavy atom. The first-order chi connectivity index (χ1) is 8.69. The lowest BCUT2D eigenvalue weighted by molar-refractivity contribution is 0.0949. The van der Waals surface area contributed by atoms with Crippen LogP contribution < -0.4 is 15.8 Å². The summed E-state index contributed by atoms with van der Waals surface area (Å²) < 4.78 is 5.58. The summed E-state index contributed by atoms with van der Waals surface area (Å²) in [5.41, 5.74) is 7.04. The standard InChI is InChI=1S/C14H22N2O2/c1-3-9-18-13-6-5-11(2)10-12(13)14(17)16-8-4-7-15/h5-6,10H,3-4,7-9,15H2,1-2H3,(H,16,17). The van der Waals surface area contributed by atoms with Gasteiger partial charge in [-0.2, -0.15) is 0 Å². The van der Waals surface area contributed by atoms with Gasteiger partial charge >= 0.3 is 0 Å². The van der Waals surface area contributed by atoms with Crippen LogP contribution >= 0.6 is 0 Å². The van der Waals surface area contributed by atoms with Crippen molar-refractivity contribution in [3.05, 3.63) is 29.3 Å². The fraction of sp³-hybridized carbons (Fsp3) is 0.500. The van der Waals surface area contributed by atoms with Crippen molar-refractivity contribution < 1.29 is 9.53 Å². The molecule has 0 aliphatic rings. The summed E-state index contributed by atoms with van der Waals surface area (Å²) in [4.78, 5) is 12.0. The van der Waals surface area contributed by atoms with Crippen LogP contribution in [0.5, 0.6) is 5.75 Å². The highest BCUT2D eigenvalue weighted by Crippen LogP contribution is 2.20. The second kappa shape index (κ2) is 7.71. The van der Waals surface area contributed by atoms with Gasteiger partial charge in [0.05, 0.1) is 12.2 Å². The van der Waals surface area contributed by atoms with Gasteiger partial charge in [-0.05, 0) is 38.4 Å². The molecule has 1 amide bonds. The minimum Gasteiger partial charge on any atom is -0.493 e. The number of nitrogens with one attached hydrogen (secondary N) is 1. The molecule has 0 bridgehead atoms. The Morgan fingerprint density at radius 2 is 2.22 bits per heavy atom. The molecule has 0 spiro atoms. The molecule has 0 radical (unpaired) electrons. The third kappa shape index (κ3) is 4.37. The number of hydrogen-bond donors (Lipinski definition) is 2. The molecule has 18 heavy (non-hydrogen) atoms. The van der Waals surface area contributed by atoms with E-state index in [1.54, 1.807) is 0 Å². The quantitative estimate of drug-likeness (QED) is 0.726. The van der Waals surface area contributed by atoms with Crippen molar-refractivity contribution >= 4 is 5.91 Å². The van der Waals surface area contributed by atoms with Crippen LogP contribution in [-0.2, 0) is 0 Å². The molecule has 100 valence electrons. The molecule has 0 aromatic heterocycles. The topological polar surface area (TPSA) is 64.3 Å². The Bertz CT molecular complexity index is 391. The predicted octanol–water partition coefficient (Wildman–Crippen LogP) is 1.86. The second-order valence-corrected chi connectivity index (χ2v) is 4.25. The lowest BCUT2D eigenvalue weighted by atomic mass is 10.1. The fourth-order valence-corrected chi connectivity index (χ4v) is 1.56. The van der Waals surface area contributed by atoms with Crippen LogP contribution in [-0.4, -0.2) is 25.6 Å². The van der Waals surface area contributed by atoms with E-state index in [9.17, 15) is 4.79 Å². The Kier molecular flexibility index (Phi) is 6.22. The summed E-state index contributed by atoms with van der Waals surface area (Å²) in [6.45, 7) is 5.78. The number of carbonyl (C=O) groups is 1. The van der Waals surface area contributed by atoms with Gasteiger partial charge < -0.3 is 15.8 Å². The molecule has 1 aromatic carbocycles. The van der Waals surface area contributed by atoms with E-state index in [0.29, 0.717) is 31.0 Å². The van der Waals surface area contributed by atoms with Gasteiger partial charge in [0, 0.05) is 6.54 Å². The number of hydrogen-bond acceptors (Lipinski definition) is 3. The van der Waals surface area contributed by atoms with Gasteiger partial charge in [0.25, 0.3) is 5.91 Å². The van der Waals surface area contributed by atoms with Gasteiger partial charge in [-0.15, -0.1) is 0 Å². The number of nitrogens with two attached hydrogens (primary N) is 1. The minimum absolute atomic E-state index is 0.0988. The van der Waals surface area contributed by atoms with E-state index in [4.69, 9.17) is 10.5 Å². The summed E-state index contributed by atoms with van der Waals surface area (Å²) in [5, 5.41) is 2.84. The maximum absolute atomic E-state index is 12.0. The number of rotatable bonds is 7. The monoisotopic (exact) mass is 250 g/mol. The van der Waals surface area contributed by atoms with Crippen LogP contribution in [0.25, 0.3) is 0 Å². The van der Waals surface area contributed by atoms with Gasteiger partial charge in [-0.3, -0.25) is 4.79 Å². The van der Waals surface area contributed by atoms with Crippen LogP contribution in [0.4, 0.5) is 0 Å². The summed E-state index contributed by atoms with van der Waals surface area (Å²) in [7, 11) is 0. The highest BCUT2D eigenvalue weighted by molar-refractivity contribution is 5.97. The average Bonchev–Trinajstić information content (AvgIpc) is 2.37. The van der Waals surface area contributed by atoms with E-state index in [1.807, 2.05) is 32.0 Å². The van der Waals surface area contributed by atoms with Crippen molar-refractivity contribution in [2.45, 2.75) is 26.7 Å². The van der Waals surface area contributed by atoms with Gasteiger partial charge in [0.2, 0.25) is 0 Å². The molecule has 4 nitrogen and oxygen atoms in total. The molecule has 0 fully saturated rings. The largest absolute Gasteiger partial charge is 0.493 e. The number of carbonyl (C=O) groups excluding carboxylic acids is 1. The van der Waals surface area contributed by atoms with E-state index in [0.717, 1.165) is 18.4 Å². The summed E-state index contributed by atoms with van der Waals surface area (Å²) in [5.74, 6) is 0.547. The number of benzene rings is 1. The van der Waals surface area contributed by atoms with E-state index in [1.165, 1.54) is 0 Å². The summed E-state index contributed by atoms with van der Waals surface area (Å²) in [6.07, 6.45) is 1.70. The van der Waals surface area contributed by atoms with Gasteiger partial charge in [-0.1, -0.05) is 18.6 Å². The molecule has 0 saturated heterocycles. The molecule has 1 aromatic rings. The van der Waals surface area contributed by atoms with Crippen LogP contribution in [0.1, 0.15) is 35.7 Å². The number of amides is 1. The zero-order valence-corrected chi connectivity index (χ0v) is 11.2. The maximum atomic E-state index is 12.0. The molecule has 3 N–H and O–H groups in total. The van der Waals surface area contributed by atoms with Crippen LogP contribution in [0.3, 0.4) is 0 Å². The van der Waals surface area contributed by atoms with Crippen molar-refractivity contribution in [2.75, 3.05) is 19.7 Å². The maximum Gasteiger partial charge on any atom is 0.255 e. The van der Waals surface area contributed by atoms with Crippen LogP contribution in [0, 0.1) is 6.92 Å². The minimum atomic E-state index is -0.0988. The van der Waals surface area contributed by atoms with Crippen LogP contribution in [0.2, 0.25) is 0 Å². The molecule has 0 saturated carbocycles. The van der Waals surface area contributed by atoms with Crippen LogP contribution in [0.15, 0.2) is 18.2 Å². The zero-order chi connectivity index (χ0) is 13.4. The van der Waals surface area contributed by atoms with E-state index in [-0.39, 0.29) is 5.91 Å². The third-order valence-corrected chi connectivity index (χ3v) is 2.51. The Hall–Kier alpha value is -1.55. The lowest BCUT2D eigenvalue weighted by Gasteiger charge is -2.12. The van der Waals surface area contributed by atoms with Gasteiger partial charge in [0.15, 0.2) is 0 Å². The van der Waals surface area contributed by atoms with E-state index < -0.39 is 0 Å². The molecule has 1 rings (SSSR count). The average molecular weight is 250 g/mol. The third-order valence-electron chi connectivity index (χ3n) is 2.51. The smallest absolute Gasteiger partial charge is 0.255 e. The molecular weight excluding hydrogens is 228 g/mol. The second-order valence-electron chi connectivity index (χ2n) is 4.25. The molecule has 0 unspecified atom stereocenters. The molecule has 0 atom stereocenters.